The quantitative estimate of drug-likeness (QED) is 0.278. The lowest BCUT2D eigenvalue weighted by Gasteiger charge is -2.20. The number of unbranched alkanes of at least 4 members (excludes halogenated alkanes) is 1. The van der Waals surface area contributed by atoms with Crippen LogP contribution in [0.3, 0.4) is 0 Å². The summed E-state index contributed by atoms with van der Waals surface area (Å²) in [6.07, 6.45) is 5.02. The van der Waals surface area contributed by atoms with Gasteiger partial charge in [-0.25, -0.2) is 4.79 Å². The third-order valence-corrected chi connectivity index (χ3v) is 7.23. The van der Waals surface area contributed by atoms with Gasteiger partial charge in [0.05, 0.1) is 0 Å². The van der Waals surface area contributed by atoms with Crippen LogP contribution in [-0.4, -0.2) is 57.1 Å². The molecule has 0 bridgehead atoms. The van der Waals surface area contributed by atoms with E-state index in [1.807, 2.05) is 21.6 Å². The Labute approximate surface area is 167 Å². The molecule has 0 saturated carbocycles. The maximum Gasteiger partial charge on any atom is 0.326 e. The molecule has 0 aromatic carbocycles. The van der Waals surface area contributed by atoms with Gasteiger partial charge in [0, 0.05) is 23.8 Å². The number of amides is 2. The SMILES string of the molecule is CC(NC(=O)CCCCC1CCCSS1)C(=O)NC(CCC(=O)O)C(=O)O. The summed E-state index contributed by atoms with van der Waals surface area (Å²) in [6.45, 7) is 1.47. The number of hydrogen-bond acceptors (Lipinski definition) is 6. The van der Waals surface area contributed by atoms with E-state index in [2.05, 4.69) is 10.6 Å². The van der Waals surface area contributed by atoms with Crippen molar-refractivity contribution >= 4 is 45.3 Å². The first-order chi connectivity index (χ1) is 12.8. The van der Waals surface area contributed by atoms with Gasteiger partial charge in [0.2, 0.25) is 11.8 Å². The molecule has 1 aliphatic heterocycles. The summed E-state index contributed by atoms with van der Waals surface area (Å²) in [5.41, 5.74) is 0. The largest absolute Gasteiger partial charge is 0.481 e. The average Bonchev–Trinajstić information content (AvgIpc) is 2.62. The first-order valence-corrected chi connectivity index (χ1v) is 11.5. The molecule has 154 valence electrons. The monoisotopic (exact) mass is 420 g/mol. The minimum atomic E-state index is -1.30. The predicted octanol–water partition coefficient (Wildman–Crippen LogP) is 2.03. The summed E-state index contributed by atoms with van der Waals surface area (Å²) in [6, 6.07) is -2.17. The second-order valence-electron chi connectivity index (χ2n) is 6.55. The lowest BCUT2D eigenvalue weighted by molar-refractivity contribution is -0.143. The van der Waals surface area contributed by atoms with Crippen LogP contribution in [0.25, 0.3) is 0 Å². The summed E-state index contributed by atoms with van der Waals surface area (Å²) in [5.74, 6) is -2.12. The molecule has 3 unspecified atom stereocenters. The van der Waals surface area contributed by atoms with E-state index in [-0.39, 0.29) is 18.7 Å². The van der Waals surface area contributed by atoms with Crippen LogP contribution in [-0.2, 0) is 19.2 Å². The molecule has 3 atom stereocenters. The molecule has 1 aliphatic rings. The Morgan fingerprint density at radius 1 is 1.11 bits per heavy atom. The van der Waals surface area contributed by atoms with Crippen molar-refractivity contribution in [2.24, 2.45) is 0 Å². The molecule has 1 heterocycles. The summed E-state index contributed by atoms with van der Waals surface area (Å²) < 4.78 is 0. The molecule has 0 spiro atoms. The summed E-state index contributed by atoms with van der Waals surface area (Å²) in [4.78, 5) is 45.6. The van der Waals surface area contributed by atoms with E-state index in [0.717, 1.165) is 19.3 Å². The van der Waals surface area contributed by atoms with Crippen LogP contribution in [0.15, 0.2) is 0 Å². The van der Waals surface area contributed by atoms with Gasteiger partial charge in [-0.3, -0.25) is 14.4 Å². The van der Waals surface area contributed by atoms with Crippen LogP contribution < -0.4 is 10.6 Å². The zero-order valence-corrected chi connectivity index (χ0v) is 17.1. The summed E-state index contributed by atoms with van der Waals surface area (Å²) in [7, 11) is 3.84. The van der Waals surface area contributed by atoms with E-state index in [9.17, 15) is 19.2 Å². The van der Waals surface area contributed by atoms with Gasteiger partial charge in [-0.15, -0.1) is 0 Å². The van der Waals surface area contributed by atoms with Crippen LogP contribution >= 0.6 is 21.6 Å². The van der Waals surface area contributed by atoms with Crippen LogP contribution in [0.5, 0.6) is 0 Å². The van der Waals surface area contributed by atoms with Crippen molar-refractivity contribution in [3.63, 3.8) is 0 Å². The van der Waals surface area contributed by atoms with Crippen molar-refractivity contribution in [1.29, 1.82) is 0 Å². The standard InChI is InChI=1S/C17H28N2O6S2/c1-11(16(23)19-13(17(24)25)8-9-15(21)22)18-14(20)7-3-2-5-12-6-4-10-26-27-12/h11-13H,2-10H2,1H3,(H,18,20)(H,19,23)(H,21,22)(H,24,25). The Kier molecular flexibility index (Phi) is 11.3. The molecule has 1 saturated heterocycles. The molecule has 27 heavy (non-hydrogen) atoms. The van der Waals surface area contributed by atoms with Gasteiger partial charge in [-0.2, -0.15) is 0 Å². The fourth-order valence-corrected chi connectivity index (χ4v) is 5.51. The highest BCUT2D eigenvalue weighted by Crippen LogP contribution is 2.38. The van der Waals surface area contributed by atoms with E-state index in [1.165, 1.54) is 25.5 Å². The van der Waals surface area contributed by atoms with Crippen molar-refractivity contribution in [3.05, 3.63) is 0 Å². The lowest BCUT2D eigenvalue weighted by Crippen LogP contribution is -2.50. The first-order valence-electron chi connectivity index (χ1n) is 9.12. The molecule has 10 heteroatoms. The van der Waals surface area contributed by atoms with E-state index in [4.69, 9.17) is 10.2 Å². The zero-order chi connectivity index (χ0) is 20.2. The zero-order valence-electron chi connectivity index (χ0n) is 15.4. The molecular formula is C17H28N2O6S2. The van der Waals surface area contributed by atoms with Gasteiger partial charge in [0.1, 0.15) is 12.1 Å². The van der Waals surface area contributed by atoms with E-state index in [0.29, 0.717) is 11.7 Å². The minimum absolute atomic E-state index is 0.214. The van der Waals surface area contributed by atoms with Gasteiger partial charge in [-0.1, -0.05) is 28.0 Å². The van der Waals surface area contributed by atoms with Crippen LogP contribution in [0.4, 0.5) is 0 Å². The smallest absolute Gasteiger partial charge is 0.326 e. The van der Waals surface area contributed by atoms with Crippen molar-refractivity contribution < 1.29 is 29.4 Å². The number of rotatable bonds is 12. The van der Waals surface area contributed by atoms with Gasteiger partial charge in [-0.05, 0) is 39.0 Å². The molecule has 0 radical (unpaired) electrons. The minimum Gasteiger partial charge on any atom is -0.481 e. The lowest BCUT2D eigenvalue weighted by atomic mass is 10.1. The molecule has 1 fully saturated rings. The number of carbonyl (C=O) groups excluding carboxylic acids is 2. The Bertz CT molecular complexity index is 526. The van der Waals surface area contributed by atoms with Gasteiger partial charge < -0.3 is 20.8 Å². The van der Waals surface area contributed by atoms with Crippen molar-refractivity contribution in [2.45, 2.75) is 75.6 Å². The second kappa shape index (κ2) is 12.9. The fraction of sp³-hybridized carbons (Fsp3) is 0.765. The number of carboxylic acids is 2. The molecular weight excluding hydrogens is 392 g/mol. The van der Waals surface area contributed by atoms with Crippen LogP contribution in [0.1, 0.15) is 58.3 Å². The highest BCUT2D eigenvalue weighted by atomic mass is 33.1. The highest BCUT2D eigenvalue weighted by molar-refractivity contribution is 8.77. The van der Waals surface area contributed by atoms with Gasteiger partial charge in [0.15, 0.2) is 0 Å². The summed E-state index contributed by atoms with van der Waals surface area (Å²) >= 11 is 0. The van der Waals surface area contributed by atoms with E-state index < -0.39 is 29.9 Å². The van der Waals surface area contributed by atoms with E-state index in [1.54, 1.807) is 0 Å². The Morgan fingerprint density at radius 3 is 2.44 bits per heavy atom. The van der Waals surface area contributed by atoms with Gasteiger partial charge >= 0.3 is 11.9 Å². The number of carbonyl (C=O) groups is 4. The Morgan fingerprint density at radius 2 is 1.85 bits per heavy atom. The molecule has 2 amide bonds. The number of carboxylic acid groups (broad SMARTS) is 2. The predicted molar refractivity (Wildman–Crippen MR) is 106 cm³/mol. The first kappa shape index (κ1) is 23.6. The Hall–Kier alpha value is -1.42. The second-order valence-corrected chi connectivity index (χ2v) is 9.34. The van der Waals surface area contributed by atoms with Crippen molar-refractivity contribution in [1.82, 2.24) is 10.6 Å². The molecule has 8 nitrogen and oxygen atoms in total. The fourth-order valence-electron chi connectivity index (χ4n) is 2.61. The highest BCUT2D eigenvalue weighted by Gasteiger charge is 2.24. The van der Waals surface area contributed by atoms with E-state index >= 15 is 0 Å². The van der Waals surface area contributed by atoms with Crippen LogP contribution in [0.2, 0.25) is 0 Å². The normalized spacial score (nSPS) is 18.9. The number of nitrogens with one attached hydrogen (secondary N) is 2. The number of aliphatic carboxylic acids is 2. The van der Waals surface area contributed by atoms with Gasteiger partial charge in [0.25, 0.3) is 0 Å². The molecule has 0 aliphatic carbocycles. The maximum absolute atomic E-state index is 12.0. The molecule has 0 aromatic rings. The number of hydrogen-bond donors (Lipinski definition) is 4. The topological polar surface area (TPSA) is 133 Å². The third-order valence-electron chi connectivity index (χ3n) is 4.17. The summed E-state index contributed by atoms with van der Waals surface area (Å²) in [5, 5.41) is 23.2. The third kappa shape index (κ3) is 10.5. The average molecular weight is 421 g/mol. The maximum atomic E-state index is 12.0. The van der Waals surface area contributed by atoms with Crippen LogP contribution in [0, 0.1) is 0 Å². The van der Waals surface area contributed by atoms with Crippen molar-refractivity contribution in [3.8, 4) is 0 Å². The Balaban J connectivity index is 2.26. The molecule has 4 N–H and O–H groups in total. The molecule has 1 rings (SSSR count). The van der Waals surface area contributed by atoms with Crippen molar-refractivity contribution in [2.75, 3.05) is 5.75 Å². The molecule has 0 aromatic heterocycles.